The molecule has 1 atom stereocenters. The third-order valence-electron chi connectivity index (χ3n) is 2.48. The Morgan fingerprint density at radius 2 is 2.16 bits per heavy atom. The van der Waals surface area contributed by atoms with Gasteiger partial charge in [-0.05, 0) is 18.2 Å². The molecule has 2 rings (SSSR count). The molecule has 1 aliphatic rings. The monoisotopic (exact) mass is 272 g/mol. The number of nitriles is 1. The van der Waals surface area contributed by atoms with E-state index in [-0.39, 0.29) is 12.3 Å². The van der Waals surface area contributed by atoms with E-state index < -0.39 is 29.0 Å². The standard InChI is InChI=1S/C11H7F3N2O3/c12-11(13,14)8-3-7(2-1-6(8)4-15)16-9(17)10(18)5-19-10/h1-3,18H,5H2,(H,16,17)/t10-/m0/s1. The number of anilines is 1. The molecule has 0 saturated carbocycles. The molecule has 5 nitrogen and oxygen atoms in total. The average molecular weight is 272 g/mol. The number of alkyl halides is 3. The number of nitrogens with one attached hydrogen (secondary N) is 1. The van der Waals surface area contributed by atoms with E-state index in [0.717, 1.165) is 12.1 Å². The molecule has 0 radical (unpaired) electrons. The number of amides is 1. The number of halogens is 3. The minimum absolute atomic E-state index is 0.180. The molecule has 1 aliphatic heterocycles. The van der Waals surface area contributed by atoms with Crippen LogP contribution in [0.5, 0.6) is 0 Å². The summed E-state index contributed by atoms with van der Waals surface area (Å²) in [5.41, 5.74) is -1.89. The highest BCUT2D eigenvalue weighted by atomic mass is 19.4. The molecule has 0 aliphatic carbocycles. The summed E-state index contributed by atoms with van der Waals surface area (Å²) >= 11 is 0. The van der Waals surface area contributed by atoms with Gasteiger partial charge >= 0.3 is 6.18 Å². The topological polar surface area (TPSA) is 85.7 Å². The maximum atomic E-state index is 12.7. The highest BCUT2D eigenvalue weighted by Crippen LogP contribution is 2.34. The van der Waals surface area contributed by atoms with Crippen molar-refractivity contribution in [2.24, 2.45) is 0 Å². The van der Waals surface area contributed by atoms with Gasteiger partial charge in [-0.15, -0.1) is 0 Å². The van der Waals surface area contributed by atoms with Gasteiger partial charge in [0.2, 0.25) is 0 Å². The van der Waals surface area contributed by atoms with Gasteiger partial charge in [-0.1, -0.05) is 0 Å². The quantitative estimate of drug-likeness (QED) is 0.793. The van der Waals surface area contributed by atoms with E-state index in [1.54, 1.807) is 0 Å². The van der Waals surface area contributed by atoms with Crippen molar-refractivity contribution in [2.45, 2.75) is 12.0 Å². The lowest BCUT2D eigenvalue weighted by molar-refractivity contribution is -0.138. The number of nitrogens with zero attached hydrogens (tertiary/aromatic N) is 1. The van der Waals surface area contributed by atoms with Crippen LogP contribution in [0.3, 0.4) is 0 Å². The van der Waals surface area contributed by atoms with Gasteiger partial charge in [0.15, 0.2) is 0 Å². The summed E-state index contributed by atoms with van der Waals surface area (Å²) in [6, 6.07) is 4.12. The van der Waals surface area contributed by atoms with Gasteiger partial charge in [0.1, 0.15) is 6.61 Å². The maximum absolute atomic E-state index is 12.7. The molecular formula is C11H7F3N2O3. The molecule has 0 spiro atoms. The Labute approximate surface area is 105 Å². The van der Waals surface area contributed by atoms with Crippen molar-refractivity contribution in [2.75, 3.05) is 11.9 Å². The molecule has 2 N–H and O–H groups in total. The molecule has 0 bridgehead atoms. The Morgan fingerprint density at radius 3 is 2.63 bits per heavy atom. The molecule has 8 heteroatoms. The molecule has 1 aromatic rings. The van der Waals surface area contributed by atoms with E-state index in [1.165, 1.54) is 6.07 Å². The third-order valence-corrected chi connectivity index (χ3v) is 2.48. The van der Waals surface area contributed by atoms with Crippen molar-refractivity contribution in [3.8, 4) is 6.07 Å². The summed E-state index contributed by atoms with van der Waals surface area (Å²) in [7, 11) is 0. The highest BCUT2D eigenvalue weighted by molar-refractivity contribution is 5.97. The molecule has 1 fully saturated rings. The van der Waals surface area contributed by atoms with Crippen molar-refractivity contribution in [3.63, 3.8) is 0 Å². The van der Waals surface area contributed by atoms with Crippen LogP contribution in [0.2, 0.25) is 0 Å². The first-order valence-electron chi connectivity index (χ1n) is 5.05. The molecule has 100 valence electrons. The first kappa shape index (κ1) is 13.3. The van der Waals surface area contributed by atoms with Crippen molar-refractivity contribution < 1.29 is 27.8 Å². The molecule has 1 aromatic carbocycles. The number of rotatable bonds is 2. The van der Waals surface area contributed by atoms with Gasteiger partial charge in [-0.2, -0.15) is 18.4 Å². The van der Waals surface area contributed by atoms with E-state index in [9.17, 15) is 23.1 Å². The number of carbonyl (C=O) groups excluding carboxylic acids is 1. The largest absolute Gasteiger partial charge is 0.417 e. The zero-order valence-corrected chi connectivity index (χ0v) is 9.28. The predicted molar refractivity (Wildman–Crippen MR) is 55.7 cm³/mol. The van der Waals surface area contributed by atoms with Gasteiger partial charge in [-0.25, -0.2) is 0 Å². The first-order chi connectivity index (χ1) is 8.76. The van der Waals surface area contributed by atoms with Gasteiger partial charge in [0.05, 0.1) is 17.2 Å². The molecule has 0 aromatic heterocycles. The van der Waals surface area contributed by atoms with Gasteiger partial charge < -0.3 is 15.2 Å². The smallest absolute Gasteiger partial charge is 0.356 e. The Morgan fingerprint density at radius 1 is 1.53 bits per heavy atom. The van der Waals surface area contributed by atoms with Crippen LogP contribution in [0.1, 0.15) is 11.1 Å². The van der Waals surface area contributed by atoms with Gasteiger partial charge in [0.25, 0.3) is 11.7 Å². The molecule has 1 saturated heterocycles. The molecule has 1 heterocycles. The van der Waals surface area contributed by atoms with Crippen molar-refractivity contribution in [1.29, 1.82) is 5.26 Å². The van der Waals surface area contributed by atoms with Crippen LogP contribution in [0.25, 0.3) is 0 Å². The lowest BCUT2D eigenvalue weighted by atomic mass is 10.1. The SMILES string of the molecule is N#Cc1ccc(NC(=O)[C@]2(O)CO2)cc1C(F)(F)F. The highest BCUT2D eigenvalue weighted by Gasteiger charge is 2.51. The minimum Gasteiger partial charge on any atom is -0.356 e. The second-order valence-electron chi connectivity index (χ2n) is 3.90. The lowest BCUT2D eigenvalue weighted by Gasteiger charge is -2.12. The van der Waals surface area contributed by atoms with Crippen molar-refractivity contribution in [3.05, 3.63) is 29.3 Å². The van der Waals surface area contributed by atoms with Crippen LogP contribution in [0, 0.1) is 11.3 Å². The summed E-state index contributed by atoms with van der Waals surface area (Å²) in [6.45, 7) is -0.207. The number of benzene rings is 1. The summed E-state index contributed by atoms with van der Waals surface area (Å²) < 4.78 is 42.4. The fourth-order valence-electron chi connectivity index (χ4n) is 1.38. The average Bonchev–Trinajstić information content (AvgIpc) is 3.07. The Kier molecular flexibility index (Phi) is 2.96. The zero-order valence-electron chi connectivity index (χ0n) is 9.28. The number of epoxide rings is 1. The Hall–Kier alpha value is -2.11. The fourth-order valence-corrected chi connectivity index (χ4v) is 1.38. The minimum atomic E-state index is -4.71. The Bertz CT molecular complexity index is 574. The summed E-state index contributed by atoms with van der Waals surface area (Å²) in [6.07, 6.45) is -4.71. The second kappa shape index (κ2) is 4.22. The number of aliphatic hydroxyl groups is 1. The summed E-state index contributed by atoms with van der Waals surface area (Å²) in [4.78, 5) is 11.4. The van der Waals surface area contributed by atoms with E-state index in [2.05, 4.69) is 10.1 Å². The number of hydrogen-bond donors (Lipinski definition) is 2. The number of carbonyl (C=O) groups is 1. The van der Waals surface area contributed by atoms with Gasteiger partial charge in [0, 0.05) is 5.69 Å². The predicted octanol–water partition coefficient (Wildman–Crippen LogP) is 1.23. The molecule has 0 unspecified atom stereocenters. The fraction of sp³-hybridized carbons (Fsp3) is 0.273. The lowest BCUT2D eigenvalue weighted by Crippen LogP contribution is -2.30. The van der Waals surface area contributed by atoms with Crippen molar-refractivity contribution in [1.82, 2.24) is 0 Å². The van der Waals surface area contributed by atoms with Crippen LogP contribution in [0.4, 0.5) is 18.9 Å². The van der Waals surface area contributed by atoms with Crippen LogP contribution >= 0.6 is 0 Å². The third kappa shape index (κ3) is 2.67. The first-order valence-corrected chi connectivity index (χ1v) is 5.05. The van der Waals surface area contributed by atoms with E-state index in [4.69, 9.17) is 5.26 Å². The maximum Gasteiger partial charge on any atom is 0.417 e. The van der Waals surface area contributed by atoms with Crippen molar-refractivity contribution >= 4 is 11.6 Å². The molecule has 1 amide bonds. The number of ether oxygens (including phenoxy) is 1. The summed E-state index contributed by atoms with van der Waals surface area (Å²) in [5, 5.41) is 20.0. The van der Waals surface area contributed by atoms with Gasteiger partial charge in [-0.3, -0.25) is 4.79 Å². The van der Waals surface area contributed by atoms with E-state index >= 15 is 0 Å². The summed E-state index contributed by atoms with van der Waals surface area (Å²) in [5.74, 6) is -2.92. The molecule has 19 heavy (non-hydrogen) atoms. The zero-order chi connectivity index (χ0) is 14.3. The van der Waals surface area contributed by atoms with E-state index in [1.807, 2.05) is 0 Å². The second-order valence-corrected chi connectivity index (χ2v) is 3.90. The van der Waals surface area contributed by atoms with Crippen LogP contribution in [-0.4, -0.2) is 23.4 Å². The van der Waals surface area contributed by atoms with Crippen LogP contribution in [0.15, 0.2) is 18.2 Å². The molecular weight excluding hydrogens is 265 g/mol. The van der Waals surface area contributed by atoms with E-state index in [0.29, 0.717) is 6.07 Å². The van der Waals surface area contributed by atoms with Crippen LogP contribution in [-0.2, 0) is 15.7 Å². The number of hydrogen-bond acceptors (Lipinski definition) is 4. The Balaban J connectivity index is 2.29. The normalized spacial score (nSPS) is 21.6. The van der Waals surface area contributed by atoms with Crippen LogP contribution < -0.4 is 5.32 Å².